The summed E-state index contributed by atoms with van der Waals surface area (Å²) >= 11 is 0. The van der Waals surface area contributed by atoms with E-state index in [1.165, 1.54) is 16.4 Å². The molecule has 0 aliphatic carbocycles. The summed E-state index contributed by atoms with van der Waals surface area (Å²) in [4.78, 5) is 0.0996. The molecule has 1 aliphatic heterocycles. The molecule has 6 heteroatoms. The molecule has 0 spiro atoms. The van der Waals surface area contributed by atoms with Gasteiger partial charge in [0.05, 0.1) is 17.6 Å². The van der Waals surface area contributed by atoms with Gasteiger partial charge in [-0.25, -0.2) is 12.8 Å². The Hall–Kier alpha value is -1.76. The van der Waals surface area contributed by atoms with Crippen molar-refractivity contribution in [3.8, 4) is 0 Å². The average molecular weight is 321 g/mol. The van der Waals surface area contributed by atoms with Crippen LogP contribution in [-0.2, 0) is 14.8 Å². The van der Waals surface area contributed by atoms with E-state index < -0.39 is 15.8 Å². The molecule has 0 aromatic heterocycles. The van der Waals surface area contributed by atoms with E-state index >= 15 is 0 Å². The summed E-state index contributed by atoms with van der Waals surface area (Å²) in [6.07, 6.45) is -0.287. The van der Waals surface area contributed by atoms with Gasteiger partial charge in [-0.1, -0.05) is 30.3 Å². The first-order chi connectivity index (χ1) is 10.6. The maximum Gasteiger partial charge on any atom is 0.243 e. The van der Waals surface area contributed by atoms with Gasteiger partial charge in [-0.15, -0.1) is 0 Å². The summed E-state index contributed by atoms with van der Waals surface area (Å²) in [7, 11) is -3.63. The molecule has 2 aromatic rings. The summed E-state index contributed by atoms with van der Waals surface area (Å²) in [5, 5.41) is 0. The van der Waals surface area contributed by atoms with Crippen molar-refractivity contribution in [2.75, 3.05) is 19.7 Å². The molecule has 2 aromatic carbocycles. The fourth-order valence-corrected chi connectivity index (χ4v) is 3.89. The molecule has 0 saturated carbocycles. The second kappa shape index (κ2) is 6.16. The molecule has 1 atom stereocenters. The highest BCUT2D eigenvalue weighted by atomic mass is 32.2. The van der Waals surface area contributed by atoms with Crippen molar-refractivity contribution in [1.82, 2.24) is 4.31 Å². The summed E-state index contributed by atoms with van der Waals surface area (Å²) in [5.41, 5.74) is 0.946. The summed E-state index contributed by atoms with van der Waals surface area (Å²) in [6, 6.07) is 14.4. The number of halogens is 1. The normalized spacial score (nSPS) is 20.0. The van der Waals surface area contributed by atoms with Gasteiger partial charge >= 0.3 is 0 Å². The Morgan fingerprint density at radius 1 is 1.05 bits per heavy atom. The summed E-state index contributed by atoms with van der Waals surface area (Å²) in [5.74, 6) is -0.455. The van der Waals surface area contributed by atoms with Gasteiger partial charge in [0.25, 0.3) is 0 Å². The topological polar surface area (TPSA) is 46.6 Å². The van der Waals surface area contributed by atoms with Gasteiger partial charge in [-0.2, -0.15) is 4.31 Å². The third-order valence-corrected chi connectivity index (χ3v) is 5.53. The van der Waals surface area contributed by atoms with Crippen molar-refractivity contribution in [2.45, 2.75) is 11.0 Å². The molecule has 4 nitrogen and oxygen atoms in total. The third-order valence-electron chi connectivity index (χ3n) is 3.65. The molecule has 0 radical (unpaired) electrons. The van der Waals surface area contributed by atoms with Crippen molar-refractivity contribution < 1.29 is 17.5 Å². The quantitative estimate of drug-likeness (QED) is 0.873. The minimum atomic E-state index is -3.63. The Kier molecular flexibility index (Phi) is 4.24. The predicted molar refractivity (Wildman–Crippen MR) is 80.3 cm³/mol. The van der Waals surface area contributed by atoms with E-state index in [1.54, 1.807) is 0 Å². The molecule has 3 rings (SSSR count). The fourth-order valence-electron chi connectivity index (χ4n) is 2.47. The van der Waals surface area contributed by atoms with Crippen LogP contribution < -0.4 is 0 Å². The van der Waals surface area contributed by atoms with Gasteiger partial charge in [0.2, 0.25) is 10.0 Å². The molecule has 0 N–H and O–H groups in total. The van der Waals surface area contributed by atoms with E-state index in [0.717, 1.165) is 17.7 Å². The van der Waals surface area contributed by atoms with Crippen molar-refractivity contribution in [3.05, 3.63) is 66.0 Å². The molecule has 116 valence electrons. The first-order valence-corrected chi connectivity index (χ1v) is 8.43. The largest absolute Gasteiger partial charge is 0.371 e. The maximum absolute atomic E-state index is 13.0. The Morgan fingerprint density at radius 2 is 1.73 bits per heavy atom. The van der Waals surface area contributed by atoms with Crippen LogP contribution in [0, 0.1) is 5.82 Å². The highest BCUT2D eigenvalue weighted by Crippen LogP contribution is 2.26. The summed E-state index contributed by atoms with van der Waals surface area (Å²) in [6.45, 7) is 0.882. The number of hydrogen-bond donors (Lipinski definition) is 0. The smallest absolute Gasteiger partial charge is 0.243 e. The Balaban J connectivity index is 1.83. The second-order valence-electron chi connectivity index (χ2n) is 5.09. The molecule has 1 fully saturated rings. The predicted octanol–water partition coefficient (Wildman–Crippen LogP) is 2.59. The lowest BCUT2D eigenvalue weighted by Crippen LogP contribution is -2.42. The third kappa shape index (κ3) is 3.04. The second-order valence-corrected chi connectivity index (χ2v) is 7.03. The molecular weight excluding hydrogens is 305 g/mol. The van der Waals surface area contributed by atoms with Crippen LogP contribution in [0.4, 0.5) is 4.39 Å². The number of morpholine rings is 1. The number of nitrogens with zero attached hydrogens (tertiary/aromatic N) is 1. The molecule has 0 bridgehead atoms. The maximum atomic E-state index is 13.0. The van der Waals surface area contributed by atoms with Gasteiger partial charge in [-0.3, -0.25) is 0 Å². The zero-order valence-electron chi connectivity index (χ0n) is 11.9. The van der Waals surface area contributed by atoms with E-state index in [4.69, 9.17) is 4.74 Å². The summed E-state index contributed by atoms with van der Waals surface area (Å²) < 4.78 is 45.3. The molecular formula is C16H16FNO3S. The zero-order chi connectivity index (χ0) is 15.6. The Morgan fingerprint density at radius 3 is 2.41 bits per heavy atom. The number of hydrogen-bond acceptors (Lipinski definition) is 3. The van der Waals surface area contributed by atoms with Gasteiger partial charge in [0.15, 0.2) is 0 Å². The lowest BCUT2D eigenvalue weighted by Gasteiger charge is -2.32. The SMILES string of the molecule is O=S(=O)(c1ccc(F)cc1)N1CCOC(c2ccccc2)C1. The van der Waals surface area contributed by atoms with Crippen LogP contribution in [0.5, 0.6) is 0 Å². The molecule has 1 saturated heterocycles. The monoisotopic (exact) mass is 321 g/mol. The first-order valence-electron chi connectivity index (χ1n) is 6.99. The number of benzene rings is 2. The van der Waals surface area contributed by atoms with E-state index in [0.29, 0.717) is 13.2 Å². The minimum absolute atomic E-state index is 0.0996. The van der Waals surface area contributed by atoms with Crippen molar-refractivity contribution >= 4 is 10.0 Å². The lowest BCUT2D eigenvalue weighted by atomic mass is 10.1. The van der Waals surface area contributed by atoms with Gasteiger partial charge in [-0.05, 0) is 29.8 Å². The van der Waals surface area contributed by atoms with Crippen LogP contribution in [-0.4, -0.2) is 32.4 Å². The average Bonchev–Trinajstić information content (AvgIpc) is 2.56. The molecule has 1 aliphatic rings. The molecule has 22 heavy (non-hydrogen) atoms. The van der Waals surface area contributed by atoms with Crippen molar-refractivity contribution in [1.29, 1.82) is 0 Å². The number of sulfonamides is 1. The highest BCUT2D eigenvalue weighted by Gasteiger charge is 2.31. The highest BCUT2D eigenvalue weighted by molar-refractivity contribution is 7.89. The van der Waals surface area contributed by atoms with Gasteiger partial charge in [0.1, 0.15) is 5.82 Å². The van der Waals surface area contributed by atoms with Crippen LogP contribution >= 0.6 is 0 Å². The van der Waals surface area contributed by atoms with Crippen molar-refractivity contribution in [3.63, 3.8) is 0 Å². The van der Waals surface area contributed by atoms with E-state index in [-0.39, 0.29) is 17.5 Å². The standard InChI is InChI=1S/C16H16FNO3S/c17-14-6-8-15(9-7-14)22(19,20)18-10-11-21-16(12-18)13-4-2-1-3-5-13/h1-9,16H,10-12H2. The molecule has 0 amide bonds. The molecule has 1 heterocycles. The lowest BCUT2D eigenvalue weighted by molar-refractivity contribution is -0.00255. The molecule has 1 unspecified atom stereocenters. The Bertz CT molecular complexity index is 732. The first kappa shape index (κ1) is 15.1. The number of rotatable bonds is 3. The van der Waals surface area contributed by atoms with Crippen LogP contribution in [0.2, 0.25) is 0 Å². The van der Waals surface area contributed by atoms with Crippen molar-refractivity contribution in [2.24, 2.45) is 0 Å². The zero-order valence-corrected chi connectivity index (χ0v) is 12.7. The Labute approximate surface area is 129 Å². The van der Waals surface area contributed by atoms with Gasteiger partial charge < -0.3 is 4.74 Å². The van der Waals surface area contributed by atoms with Crippen LogP contribution in [0.3, 0.4) is 0 Å². The van der Waals surface area contributed by atoms with Gasteiger partial charge in [0, 0.05) is 13.1 Å². The van der Waals surface area contributed by atoms with E-state index in [2.05, 4.69) is 0 Å². The minimum Gasteiger partial charge on any atom is -0.371 e. The van der Waals surface area contributed by atoms with E-state index in [9.17, 15) is 12.8 Å². The van der Waals surface area contributed by atoms with Crippen LogP contribution in [0.15, 0.2) is 59.5 Å². The van der Waals surface area contributed by atoms with E-state index in [1.807, 2.05) is 30.3 Å². The fraction of sp³-hybridized carbons (Fsp3) is 0.250. The van der Waals surface area contributed by atoms with Crippen LogP contribution in [0.1, 0.15) is 11.7 Å². The number of ether oxygens (including phenoxy) is 1. The van der Waals surface area contributed by atoms with Crippen LogP contribution in [0.25, 0.3) is 0 Å².